The van der Waals surface area contributed by atoms with Gasteiger partial charge in [0.25, 0.3) is 5.56 Å². The number of benzene rings is 1. The molecular weight excluding hydrogens is 364 g/mol. The lowest BCUT2D eigenvalue weighted by atomic mass is 9.93. The van der Waals surface area contributed by atoms with Crippen LogP contribution in [0.4, 0.5) is 5.69 Å². The molecule has 3 rings (SSSR count). The average molecular weight is 391 g/mol. The number of hydrogen-bond donors (Lipinski definition) is 3. The van der Waals surface area contributed by atoms with E-state index < -0.39 is 0 Å². The lowest BCUT2D eigenvalue weighted by molar-refractivity contribution is -0.116. The molecule has 0 atom stereocenters. The Morgan fingerprint density at radius 2 is 2.04 bits per heavy atom. The molecule has 1 aliphatic heterocycles. The van der Waals surface area contributed by atoms with Crippen LogP contribution in [0.2, 0.25) is 0 Å². The smallest absolute Gasteiger partial charge is 0.251 e. The van der Waals surface area contributed by atoms with Crippen molar-refractivity contribution in [2.45, 2.75) is 39.0 Å². The Balaban J connectivity index is 0.00000261. The van der Waals surface area contributed by atoms with E-state index in [2.05, 4.69) is 20.6 Å². The topological polar surface area (TPSA) is 86.9 Å². The summed E-state index contributed by atoms with van der Waals surface area (Å²) >= 11 is 0. The van der Waals surface area contributed by atoms with Gasteiger partial charge in [0.1, 0.15) is 5.82 Å². The van der Waals surface area contributed by atoms with Crippen molar-refractivity contribution in [3.8, 4) is 11.4 Å². The summed E-state index contributed by atoms with van der Waals surface area (Å²) in [5.74, 6) is 1.20. The maximum atomic E-state index is 12.3. The Hall–Kier alpha value is -2.18. The number of amides is 1. The van der Waals surface area contributed by atoms with Gasteiger partial charge in [-0.2, -0.15) is 0 Å². The second-order valence-corrected chi connectivity index (χ2v) is 6.80. The molecule has 1 aromatic carbocycles. The number of nitrogens with zero attached hydrogens (tertiary/aromatic N) is 1. The Kier molecular flexibility index (Phi) is 8.00. The van der Waals surface area contributed by atoms with E-state index in [1.165, 1.54) is 6.07 Å². The van der Waals surface area contributed by atoms with E-state index in [-0.39, 0.29) is 23.9 Å². The van der Waals surface area contributed by atoms with E-state index >= 15 is 0 Å². The molecule has 3 N–H and O–H groups in total. The number of rotatable bonds is 6. The van der Waals surface area contributed by atoms with Crippen LogP contribution in [0.25, 0.3) is 11.4 Å². The minimum Gasteiger partial charge on any atom is -0.326 e. The van der Waals surface area contributed by atoms with Crippen LogP contribution < -0.4 is 16.2 Å². The number of aromatic amines is 1. The fourth-order valence-electron chi connectivity index (χ4n) is 3.30. The molecule has 0 bridgehead atoms. The highest BCUT2D eigenvalue weighted by atomic mass is 35.5. The Bertz CT molecular complexity index is 816. The monoisotopic (exact) mass is 390 g/mol. The van der Waals surface area contributed by atoms with Gasteiger partial charge in [-0.05, 0) is 56.8 Å². The number of hydrogen-bond acceptors (Lipinski definition) is 4. The fraction of sp³-hybridized carbons (Fsp3) is 0.450. The van der Waals surface area contributed by atoms with Gasteiger partial charge in [-0.25, -0.2) is 4.98 Å². The van der Waals surface area contributed by atoms with Gasteiger partial charge in [0.05, 0.1) is 0 Å². The Morgan fingerprint density at radius 1 is 1.26 bits per heavy atom. The zero-order chi connectivity index (χ0) is 18.4. The largest absolute Gasteiger partial charge is 0.326 e. The second kappa shape index (κ2) is 10.2. The number of halogens is 1. The summed E-state index contributed by atoms with van der Waals surface area (Å²) < 4.78 is 0. The minimum absolute atomic E-state index is 0. The molecular formula is C20H27ClN4O2. The van der Waals surface area contributed by atoms with Crippen LogP contribution in [0, 0.1) is 5.92 Å². The summed E-state index contributed by atoms with van der Waals surface area (Å²) in [6.45, 7) is 4.07. The van der Waals surface area contributed by atoms with Gasteiger partial charge in [0.15, 0.2) is 0 Å². The van der Waals surface area contributed by atoms with E-state index in [0.717, 1.165) is 49.3 Å². The molecule has 1 aromatic heterocycles. The first kappa shape index (κ1) is 21.1. The van der Waals surface area contributed by atoms with Crippen molar-refractivity contribution in [3.63, 3.8) is 0 Å². The van der Waals surface area contributed by atoms with Crippen LogP contribution in [0.1, 0.15) is 38.3 Å². The zero-order valence-corrected chi connectivity index (χ0v) is 16.4. The molecule has 2 aromatic rings. The number of aryl methyl sites for hydroxylation is 1. The average Bonchev–Trinajstić information content (AvgIpc) is 2.67. The fourth-order valence-corrected chi connectivity index (χ4v) is 3.30. The molecule has 0 aliphatic carbocycles. The minimum atomic E-state index is -0.164. The van der Waals surface area contributed by atoms with E-state index in [9.17, 15) is 9.59 Å². The summed E-state index contributed by atoms with van der Waals surface area (Å²) in [4.78, 5) is 31.3. The van der Waals surface area contributed by atoms with Crippen LogP contribution in [-0.2, 0) is 11.2 Å². The van der Waals surface area contributed by atoms with Crippen molar-refractivity contribution in [3.05, 3.63) is 46.4 Å². The van der Waals surface area contributed by atoms with E-state index in [4.69, 9.17) is 0 Å². The van der Waals surface area contributed by atoms with Crippen LogP contribution in [-0.4, -0.2) is 29.0 Å². The maximum Gasteiger partial charge on any atom is 0.251 e. The van der Waals surface area contributed by atoms with Gasteiger partial charge >= 0.3 is 0 Å². The Morgan fingerprint density at radius 3 is 2.78 bits per heavy atom. The predicted octanol–water partition coefficient (Wildman–Crippen LogP) is 3.14. The van der Waals surface area contributed by atoms with Crippen molar-refractivity contribution < 1.29 is 4.79 Å². The lowest BCUT2D eigenvalue weighted by Gasteiger charge is -2.22. The van der Waals surface area contributed by atoms with Crippen molar-refractivity contribution in [1.82, 2.24) is 15.3 Å². The van der Waals surface area contributed by atoms with Crippen LogP contribution >= 0.6 is 12.4 Å². The molecule has 0 unspecified atom stereocenters. The number of carbonyl (C=O) groups excluding carboxylic acids is 1. The first-order valence-electron chi connectivity index (χ1n) is 9.35. The molecule has 1 saturated heterocycles. The number of piperidine rings is 1. The van der Waals surface area contributed by atoms with Crippen LogP contribution in [0.3, 0.4) is 0 Å². The summed E-state index contributed by atoms with van der Waals surface area (Å²) in [6.07, 6.45) is 4.46. The molecule has 27 heavy (non-hydrogen) atoms. The van der Waals surface area contributed by atoms with Gasteiger partial charge in [-0.15, -0.1) is 12.4 Å². The predicted molar refractivity (Wildman–Crippen MR) is 110 cm³/mol. The van der Waals surface area contributed by atoms with Gasteiger partial charge in [-0.3, -0.25) is 9.59 Å². The standard InChI is InChI=1S/C20H26N4O2.ClH/c1-2-16-13-19(26)24-20(23-16)15-4-3-5-17(12-15)22-18(25)7-6-14-8-10-21-11-9-14;/h3-5,12-14,21H,2,6-11H2,1H3,(H,22,25)(H,23,24,26);1H. The normalized spacial score (nSPS) is 14.4. The third kappa shape index (κ3) is 6.19. The molecule has 1 aliphatic rings. The molecule has 1 fully saturated rings. The number of anilines is 1. The number of H-pyrrole nitrogens is 1. The van der Waals surface area contributed by atoms with Gasteiger partial charge in [0, 0.05) is 29.4 Å². The molecule has 146 valence electrons. The summed E-state index contributed by atoms with van der Waals surface area (Å²) in [6, 6.07) is 8.95. The lowest BCUT2D eigenvalue weighted by Crippen LogP contribution is -2.28. The van der Waals surface area contributed by atoms with E-state index in [1.807, 2.05) is 31.2 Å². The Labute approximate surface area is 165 Å². The number of nitrogens with one attached hydrogen (secondary N) is 3. The molecule has 0 saturated carbocycles. The highest BCUT2D eigenvalue weighted by molar-refractivity contribution is 5.91. The number of carbonyl (C=O) groups is 1. The van der Waals surface area contributed by atoms with E-state index in [1.54, 1.807) is 0 Å². The molecule has 7 heteroatoms. The SMILES string of the molecule is CCc1cc(=O)[nH]c(-c2cccc(NC(=O)CCC3CCNCC3)c2)n1.Cl. The first-order valence-corrected chi connectivity index (χ1v) is 9.35. The van der Waals surface area contributed by atoms with Crippen LogP contribution in [0.5, 0.6) is 0 Å². The third-order valence-corrected chi connectivity index (χ3v) is 4.82. The highest BCUT2D eigenvalue weighted by Gasteiger charge is 2.14. The van der Waals surface area contributed by atoms with Crippen molar-refractivity contribution in [2.75, 3.05) is 18.4 Å². The molecule has 1 amide bonds. The second-order valence-electron chi connectivity index (χ2n) is 6.80. The molecule has 6 nitrogen and oxygen atoms in total. The zero-order valence-electron chi connectivity index (χ0n) is 15.6. The molecule has 0 spiro atoms. The van der Waals surface area contributed by atoms with Gasteiger partial charge in [-0.1, -0.05) is 19.1 Å². The van der Waals surface area contributed by atoms with Crippen molar-refractivity contribution in [1.29, 1.82) is 0 Å². The van der Waals surface area contributed by atoms with Crippen molar-refractivity contribution in [2.24, 2.45) is 5.92 Å². The van der Waals surface area contributed by atoms with E-state index in [0.29, 0.717) is 24.6 Å². The molecule has 2 heterocycles. The summed E-state index contributed by atoms with van der Waals surface area (Å²) in [5.41, 5.74) is 2.10. The van der Waals surface area contributed by atoms with Crippen LogP contribution in [0.15, 0.2) is 35.1 Å². The summed E-state index contributed by atoms with van der Waals surface area (Å²) in [7, 11) is 0. The van der Waals surface area contributed by atoms with Gasteiger partial charge in [0.2, 0.25) is 5.91 Å². The molecule has 0 radical (unpaired) electrons. The first-order chi connectivity index (χ1) is 12.6. The quantitative estimate of drug-likeness (QED) is 0.707. The van der Waals surface area contributed by atoms with Gasteiger partial charge < -0.3 is 15.6 Å². The maximum absolute atomic E-state index is 12.3. The third-order valence-electron chi connectivity index (χ3n) is 4.82. The highest BCUT2D eigenvalue weighted by Crippen LogP contribution is 2.21. The van der Waals surface area contributed by atoms with Crippen molar-refractivity contribution >= 4 is 24.0 Å². The number of aromatic nitrogens is 2. The summed E-state index contributed by atoms with van der Waals surface area (Å²) in [5, 5.41) is 6.30.